The Kier molecular flexibility index (Phi) is 3.02. The van der Waals surface area contributed by atoms with E-state index in [1.54, 1.807) is 0 Å². The lowest BCUT2D eigenvalue weighted by Crippen LogP contribution is -2.02. The highest BCUT2D eigenvalue weighted by Gasteiger charge is 2.19. The van der Waals surface area contributed by atoms with Gasteiger partial charge in [0.25, 0.3) is 6.43 Å². The number of halogens is 4. The monoisotopic (exact) mass is 204 g/mol. The van der Waals surface area contributed by atoms with Gasteiger partial charge in [-0.15, -0.1) is 0 Å². The Morgan fingerprint density at radius 1 is 1.43 bits per heavy atom. The highest BCUT2D eigenvalue weighted by atomic mass is 19.3. The Hall–Kier alpha value is -1.64. The molecule has 0 aromatic carbocycles. The predicted molar refractivity (Wildman–Crippen MR) is 38.4 cm³/mol. The first-order valence-corrected chi connectivity index (χ1v) is 3.56. The van der Waals surface area contributed by atoms with Crippen molar-refractivity contribution in [1.82, 2.24) is 4.98 Å². The molecule has 1 rings (SSSR count). The van der Waals surface area contributed by atoms with Gasteiger partial charge in [0.1, 0.15) is 0 Å². The van der Waals surface area contributed by atoms with E-state index in [9.17, 15) is 17.6 Å². The summed E-state index contributed by atoms with van der Waals surface area (Å²) in [5.74, 6) is -2.53. The second kappa shape index (κ2) is 4.05. The average Bonchev–Trinajstić information content (AvgIpc) is 2.10. The van der Waals surface area contributed by atoms with Crippen LogP contribution in [-0.4, -0.2) is 4.98 Å². The van der Waals surface area contributed by atoms with E-state index in [-0.39, 0.29) is 0 Å². The van der Waals surface area contributed by atoms with Crippen LogP contribution in [0.3, 0.4) is 0 Å². The van der Waals surface area contributed by atoms with E-state index in [0.717, 1.165) is 0 Å². The van der Waals surface area contributed by atoms with E-state index < -0.39 is 35.9 Å². The number of nitrogens with zero attached hydrogens (tertiary/aromatic N) is 2. The first kappa shape index (κ1) is 10.4. The van der Waals surface area contributed by atoms with Crippen LogP contribution in [0, 0.1) is 23.1 Å². The number of aromatic nitrogens is 1. The molecular weight excluding hydrogens is 200 g/mol. The molecule has 0 saturated carbocycles. The zero-order chi connectivity index (χ0) is 10.7. The second-order valence-corrected chi connectivity index (χ2v) is 2.43. The van der Waals surface area contributed by atoms with Crippen LogP contribution in [0.5, 0.6) is 0 Å². The molecule has 0 N–H and O–H groups in total. The minimum atomic E-state index is -3.12. The van der Waals surface area contributed by atoms with Crippen LogP contribution in [0.2, 0.25) is 0 Å². The summed E-state index contributed by atoms with van der Waals surface area (Å²) in [6.07, 6.45) is -3.66. The summed E-state index contributed by atoms with van der Waals surface area (Å²) in [6, 6.07) is 1.82. The third-order valence-corrected chi connectivity index (χ3v) is 1.50. The molecule has 0 aliphatic heterocycles. The third kappa shape index (κ3) is 1.99. The van der Waals surface area contributed by atoms with E-state index in [0.29, 0.717) is 6.07 Å². The maximum atomic E-state index is 13.0. The SMILES string of the molecule is N#CCc1nc(F)cc(C(F)F)c1F. The number of rotatable bonds is 2. The summed E-state index contributed by atoms with van der Waals surface area (Å²) < 4.78 is 49.8. The molecule has 14 heavy (non-hydrogen) atoms. The Labute approximate surface area is 76.8 Å². The zero-order valence-electron chi connectivity index (χ0n) is 6.77. The van der Waals surface area contributed by atoms with Crippen LogP contribution < -0.4 is 0 Å². The van der Waals surface area contributed by atoms with Gasteiger partial charge >= 0.3 is 0 Å². The van der Waals surface area contributed by atoms with Crippen LogP contribution in [0.15, 0.2) is 6.07 Å². The molecule has 74 valence electrons. The Morgan fingerprint density at radius 2 is 2.07 bits per heavy atom. The average molecular weight is 204 g/mol. The molecule has 0 aliphatic rings. The molecular formula is C8H4F4N2. The molecule has 0 radical (unpaired) electrons. The number of pyridine rings is 1. The molecule has 0 fully saturated rings. The highest BCUT2D eigenvalue weighted by molar-refractivity contribution is 5.23. The van der Waals surface area contributed by atoms with Gasteiger partial charge in [-0.1, -0.05) is 0 Å². The number of nitriles is 1. The lowest BCUT2D eigenvalue weighted by Gasteiger charge is -2.04. The van der Waals surface area contributed by atoms with E-state index in [1.807, 2.05) is 0 Å². The van der Waals surface area contributed by atoms with Gasteiger partial charge in [0.15, 0.2) is 5.82 Å². The Morgan fingerprint density at radius 3 is 2.57 bits per heavy atom. The summed E-state index contributed by atoms with van der Waals surface area (Å²) >= 11 is 0. The first-order valence-electron chi connectivity index (χ1n) is 3.56. The molecule has 0 atom stereocenters. The molecule has 1 aromatic heterocycles. The third-order valence-electron chi connectivity index (χ3n) is 1.50. The molecule has 0 amide bonds. The lowest BCUT2D eigenvalue weighted by atomic mass is 10.2. The van der Waals surface area contributed by atoms with Crippen molar-refractivity contribution in [3.63, 3.8) is 0 Å². The normalized spacial score (nSPS) is 10.3. The van der Waals surface area contributed by atoms with Gasteiger partial charge in [-0.05, 0) is 0 Å². The van der Waals surface area contributed by atoms with Gasteiger partial charge in [-0.3, -0.25) is 0 Å². The fourth-order valence-corrected chi connectivity index (χ4v) is 0.919. The van der Waals surface area contributed by atoms with Gasteiger partial charge in [0.2, 0.25) is 5.95 Å². The van der Waals surface area contributed by atoms with Gasteiger partial charge in [-0.2, -0.15) is 9.65 Å². The number of hydrogen-bond donors (Lipinski definition) is 0. The number of alkyl halides is 2. The summed E-state index contributed by atoms with van der Waals surface area (Å²) in [4.78, 5) is 3.01. The molecule has 6 heteroatoms. The predicted octanol–water partition coefficient (Wildman–Crippen LogP) is 2.36. The fourth-order valence-electron chi connectivity index (χ4n) is 0.919. The molecule has 0 bridgehead atoms. The van der Waals surface area contributed by atoms with Crippen molar-refractivity contribution in [2.45, 2.75) is 12.8 Å². The van der Waals surface area contributed by atoms with Crippen LogP contribution in [0.25, 0.3) is 0 Å². The molecule has 1 aromatic rings. The second-order valence-electron chi connectivity index (χ2n) is 2.43. The Balaban J connectivity index is 3.26. The van der Waals surface area contributed by atoms with E-state index in [1.165, 1.54) is 6.07 Å². The van der Waals surface area contributed by atoms with Crippen molar-refractivity contribution >= 4 is 0 Å². The van der Waals surface area contributed by atoms with Gasteiger partial charge in [0.05, 0.1) is 23.7 Å². The minimum absolute atomic E-state index is 0.320. The maximum absolute atomic E-state index is 13.0. The van der Waals surface area contributed by atoms with E-state index in [4.69, 9.17) is 5.26 Å². The van der Waals surface area contributed by atoms with Crippen LogP contribution >= 0.6 is 0 Å². The Bertz CT molecular complexity index is 384. The van der Waals surface area contributed by atoms with Crippen LogP contribution in [0.1, 0.15) is 17.7 Å². The molecule has 0 unspecified atom stereocenters. The van der Waals surface area contributed by atoms with Crippen molar-refractivity contribution in [2.75, 3.05) is 0 Å². The van der Waals surface area contributed by atoms with Gasteiger partial charge < -0.3 is 0 Å². The smallest absolute Gasteiger partial charge is 0.221 e. The first-order chi connectivity index (χ1) is 6.56. The highest BCUT2D eigenvalue weighted by Crippen LogP contribution is 2.24. The fraction of sp³-hybridized carbons (Fsp3) is 0.250. The van der Waals surface area contributed by atoms with Crippen LogP contribution in [-0.2, 0) is 6.42 Å². The summed E-state index contributed by atoms with van der Waals surface area (Å²) in [6.45, 7) is 0. The minimum Gasteiger partial charge on any atom is -0.221 e. The van der Waals surface area contributed by atoms with Crippen molar-refractivity contribution in [1.29, 1.82) is 5.26 Å². The van der Waals surface area contributed by atoms with E-state index in [2.05, 4.69) is 4.98 Å². The summed E-state index contributed by atoms with van der Waals surface area (Å²) in [5, 5.41) is 8.20. The molecule has 0 saturated heterocycles. The standard InChI is InChI=1S/C8H4F4N2/c9-6-3-4(8(11)12)7(10)5(14-6)1-2-13/h3,8H,1H2. The topological polar surface area (TPSA) is 36.7 Å². The van der Waals surface area contributed by atoms with Gasteiger partial charge in [-0.25, -0.2) is 18.2 Å². The molecule has 1 heterocycles. The number of hydrogen-bond acceptors (Lipinski definition) is 2. The molecule has 0 aliphatic carbocycles. The maximum Gasteiger partial charge on any atom is 0.266 e. The van der Waals surface area contributed by atoms with Crippen molar-refractivity contribution in [3.8, 4) is 6.07 Å². The van der Waals surface area contributed by atoms with Crippen molar-refractivity contribution in [2.24, 2.45) is 0 Å². The van der Waals surface area contributed by atoms with Crippen molar-refractivity contribution in [3.05, 3.63) is 29.1 Å². The molecule has 2 nitrogen and oxygen atoms in total. The lowest BCUT2D eigenvalue weighted by molar-refractivity contribution is 0.145. The summed E-state index contributed by atoms with van der Waals surface area (Å²) in [5.41, 5.74) is -1.66. The zero-order valence-corrected chi connectivity index (χ0v) is 6.77. The summed E-state index contributed by atoms with van der Waals surface area (Å²) in [7, 11) is 0. The van der Waals surface area contributed by atoms with Gasteiger partial charge in [0, 0.05) is 6.07 Å². The van der Waals surface area contributed by atoms with Crippen LogP contribution in [0.4, 0.5) is 17.6 Å². The van der Waals surface area contributed by atoms with E-state index >= 15 is 0 Å². The molecule has 0 spiro atoms. The largest absolute Gasteiger partial charge is 0.266 e. The van der Waals surface area contributed by atoms with Crippen molar-refractivity contribution < 1.29 is 17.6 Å². The quantitative estimate of drug-likeness (QED) is 0.547.